The van der Waals surface area contributed by atoms with Crippen LogP contribution in [0.25, 0.3) is 0 Å². The fourth-order valence-electron chi connectivity index (χ4n) is 1.67. The minimum Gasteiger partial charge on any atom is -0.273 e. The van der Waals surface area contributed by atoms with E-state index < -0.39 is 0 Å². The van der Waals surface area contributed by atoms with Gasteiger partial charge in [0.15, 0.2) is 0 Å². The molecule has 0 aliphatic heterocycles. The number of rotatable bonds is 3. The van der Waals surface area contributed by atoms with Gasteiger partial charge in [-0.15, -0.1) is 0 Å². The molecule has 78 valence electrons. The summed E-state index contributed by atoms with van der Waals surface area (Å²) in [7, 11) is 1.99. The van der Waals surface area contributed by atoms with E-state index in [1.54, 1.807) is 0 Å². The van der Waals surface area contributed by atoms with Crippen LogP contribution in [-0.2, 0) is 19.9 Å². The number of aromatic nitrogens is 2. The lowest BCUT2D eigenvalue weighted by Gasteiger charge is -1.97. The summed E-state index contributed by atoms with van der Waals surface area (Å²) in [5.74, 6) is 0. The molecule has 1 aromatic carbocycles. The molecule has 1 heterocycles. The van der Waals surface area contributed by atoms with Crippen molar-refractivity contribution >= 4 is 0 Å². The molecule has 0 saturated heterocycles. The van der Waals surface area contributed by atoms with Gasteiger partial charge >= 0.3 is 0 Å². The zero-order chi connectivity index (χ0) is 10.7. The number of nitrogens with zero attached hydrogens (tertiary/aromatic N) is 2. The van der Waals surface area contributed by atoms with Crippen LogP contribution in [0.2, 0.25) is 0 Å². The summed E-state index contributed by atoms with van der Waals surface area (Å²) in [6.07, 6.45) is 2.09. The molecular weight excluding hydrogens is 184 g/mol. The van der Waals surface area contributed by atoms with Crippen molar-refractivity contribution in [3.8, 4) is 0 Å². The second-order valence-electron chi connectivity index (χ2n) is 3.89. The normalized spacial score (nSPS) is 10.5. The first-order valence-corrected chi connectivity index (χ1v) is 5.29. The van der Waals surface area contributed by atoms with Gasteiger partial charge in [-0.1, -0.05) is 30.3 Å². The largest absolute Gasteiger partial charge is 0.273 e. The maximum absolute atomic E-state index is 4.44. The predicted molar refractivity (Wildman–Crippen MR) is 61.8 cm³/mol. The van der Waals surface area contributed by atoms with Crippen LogP contribution in [-0.4, -0.2) is 9.78 Å². The Hall–Kier alpha value is -1.57. The van der Waals surface area contributed by atoms with E-state index in [1.807, 2.05) is 11.7 Å². The van der Waals surface area contributed by atoms with Crippen molar-refractivity contribution in [1.82, 2.24) is 9.78 Å². The molecule has 0 N–H and O–H groups in total. The Bertz CT molecular complexity index is 410. The van der Waals surface area contributed by atoms with E-state index in [0.29, 0.717) is 0 Å². The molecule has 2 nitrogen and oxygen atoms in total. The first-order valence-electron chi connectivity index (χ1n) is 5.29. The Morgan fingerprint density at radius 3 is 2.47 bits per heavy atom. The zero-order valence-corrected chi connectivity index (χ0v) is 9.27. The molecule has 2 rings (SSSR count). The highest BCUT2D eigenvalue weighted by atomic mass is 15.3. The molecule has 15 heavy (non-hydrogen) atoms. The fraction of sp³-hybridized carbons (Fsp3) is 0.308. The van der Waals surface area contributed by atoms with E-state index in [4.69, 9.17) is 0 Å². The number of benzene rings is 1. The van der Waals surface area contributed by atoms with E-state index >= 15 is 0 Å². The molecule has 0 saturated carbocycles. The average Bonchev–Trinajstić information content (AvgIpc) is 2.57. The van der Waals surface area contributed by atoms with Crippen LogP contribution in [0, 0.1) is 6.92 Å². The molecule has 0 atom stereocenters. The molecule has 0 aliphatic rings. The standard InChI is InChI=1S/C13H16N2/c1-11-10-13(14-15(11)2)9-8-12-6-4-3-5-7-12/h3-7,10H,8-9H2,1-2H3. The number of hydrogen-bond acceptors (Lipinski definition) is 1. The SMILES string of the molecule is Cc1cc(CCc2ccccc2)nn1C. The summed E-state index contributed by atoms with van der Waals surface area (Å²) in [5.41, 5.74) is 3.78. The number of aryl methyl sites for hydroxylation is 4. The highest BCUT2D eigenvalue weighted by Gasteiger charge is 2.01. The molecule has 0 spiro atoms. The van der Waals surface area contributed by atoms with Gasteiger partial charge in [0.2, 0.25) is 0 Å². The summed E-state index contributed by atoms with van der Waals surface area (Å²) in [6, 6.07) is 12.7. The van der Waals surface area contributed by atoms with Crippen molar-refractivity contribution in [3.05, 3.63) is 53.3 Å². The first-order chi connectivity index (χ1) is 7.25. The summed E-state index contributed by atoms with van der Waals surface area (Å²) >= 11 is 0. The predicted octanol–water partition coefficient (Wildman–Crippen LogP) is 2.51. The van der Waals surface area contributed by atoms with Crippen LogP contribution < -0.4 is 0 Å². The second-order valence-corrected chi connectivity index (χ2v) is 3.89. The van der Waals surface area contributed by atoms with Crippen LogP contribution in [0.15, 0.2) is 36.4 Å². The Balaban J connectivity index is 1.99. The smallest absolute Gasteiger partial charge is 0.0630 e. The minimum absolute atomic E-state index is 1.02. The van der Waals surface area contributed by atoms with Gasteiger partial charge in [0, 0.05) is 12.7 Å². The van der Waals surface area contributed by atoms with Gasteiger partial charge in [0.05, 0.1) is 5.69 Å². The van der Waals surface area contributed by atoms with Gasteiger partial charge in [-0.05, 0) is 31.4 Å². The van der Waals surface area contributed by atoms with Crippen molar-refractivity contribution in [2.75, 3.05) is 0 Å². The van der Waals surface area contributed by atoms with E-state index in [0.717, 1.165) is 12.8 Å². The minimum atomic E-state index is 1.02. The lowest BCUT2D eigenvalue weighted by Crippen LogP contribution is -1.95. The topological polar surface area (TPSA) is 17.8 Å². The van der Waals surface area contributed by atoms with Gasteiger partial charge in [-0.2, -0.15) is 5.10 Å². The van der Waals surface area contributed by atoms with Crippen molar-refractivity contribution in [3.63, 3.8) is 0 Å². The van der Waals surface area contributed by atoms with Gasteiger partial charge in [0.1, 0.15) is 0 Å². The van der Waals surface area contributed by atoms with Gasteiger partial charge in [-0.25, -0.2) is 0 Å². The molecule has 0 radical (unpaired) electrons. The van der Waals surface area contributed by atoms with Gasteiger partial charge in [-0.3, -0.25) is 4.68 Å². The zero-order valence-electron chi connectivity index (χ0n) is 9.27. The van der Waals surface area contributed by atoms with E-state index in [1.165, 1.54) is 17.0 Å². The molecule has 1 aromatic heterocycles. The lowest BCUT2D eigenvalue weighted by molar-refractivity contribution is 0.716. The Morgan fingerprint density at radius 2 is 1.87 bits per heavy atom. The maximum atomic E-state index is 4.44. The first kappa shape index (κ1) is 9.97. The molecule has 0 unspecified atom stereocenters. The highest BCUT2D eigenvalue weighted by Crippen LogP contribution is 2.07. The molecule has 2 heteroatoms. The quantitative estimate of drug-likeness (QED) is 0.744. The van der Waals surface area contributed by atoms with Gasteiger partial charge < -0.3 is 0 Å². The van der Waals surface area contributed by atoms with Crippen molar-refractivity contribution in [2.45, 2.75) is 19.8 Å². The Kier molecular flexibility index (Phi) is 2.86. The van der Waals surface area contributed by atoms with E-state index in [9.17, 15) is 0 Å². The van der Waals surface area contributed by atoms with Crippen LogP contribution in [0.5, 0.6) is 0 Å². The molecule has 0 aliphatic carbocycles. The molecular formula is C13H16N2. The maximum Gasteiger partial charge on any atom is 0.0630 e. The Morgan fingerprint density at radius 1 is 1.13 bits per heavy atom. The monoisotopic (exact) mass is 200 g/mol. The van der Waals surface area contributed by atoms with Crippen molar-refractivity contribution in [1.29, 1.82) is 0 Å². The van der Waals surface area contributed by atoms with Gasteiger partial charge in [0.25, 0.3) is 0 Å². The average molecular weight is 200 g/mol. The summed E-state index contributed by atoms with van der Waals surface area (Å²) < 4.78 is 1.93. The third-order valence-electron chi connectivity index (χ3n) is 2.68. The fourth-order valence-corrected chi connectivity index (χ4v) is 1.67. The Labute approximate surface area is 90.6 Å². The van der Waals surface area contributed by atoms with Crippen LogP contribution in [0.3, 0.4) is 0 Å². The van der Waals surface area contributed by atoms with Crippen molar-refractivity contribution in [2.24, 2.45) is 7.05 Å². The lowest BCUT2D eigenvalue weighted by atomic mass is 10.1. The van der Waals surface area contributed by atoms with Crippen LogP contribution >= 0.6 is 0 Å². The number of hydrogen-bond donors (Lipinski definition) is 0. The molecule has 2 aromatic rings. The summed E-state index contributed by atoms with van der Waals surface area (Å²) in [4.78, 5) is 0. The summed E-state index contributed by atoms with van der Waals surface area (Å²) in [5, 5.41) is 4.44. The van der Waals surface area contributed by atoms with Crippen molar-refractivity contribution < 1.29 is 0 Å². The van der Waals surface area contributed by atoms with Crippen LogP contribution in [0.4, 0.5) is 0 Å². The highest BCUT2D eigenvalue weighted by molar-refractivity contribution is 5.17. The second kappa shape index (κ2) is 4.30. The van der Waals surface area contributed by atoms with Crippen LogP contribution in [0.1, 0.15) is 17.0 Å². The third-order valence-corrected chi connectivity index (χ3v) is 2.68. The molecule has 0 fully saturated rings. The third kappa shape index (κ3) is 2.46. The molecule has 0 bridgehead atoms. The van der Waals surface area contributed by atoms with E-state index in [2.05, 4.69) is 48.4 Å². The molecule has 0 amide bonds. The van der Waals surface area contributed by atoms with E-state index in [-0.39, 0.29) is 0 Å². The summed E-state index contributed by atoms with van der Waals surface area (Å²) in [6.45, 7) is 2.08.